The average Bonchev–Trinajstić information content (AvgIpc) is 2.96. The second kappa shape index (κ2) is 5.32. The zero-order valence-corrected chi connectivity index (χ0v) is 13.2. The Kier molecular flexibility index (Phi) is 3.17. The summed E-state index contributed by atoms with van der Waals surface area (Å²) in [5.41, 5.74) is 10.2. The molecule has 3 heteroatoms. The summed E-state index contributed by atoms with van der Waals surface area (Å²) in [6.45, 7) is 0. The predicted molar refractivity (Wildman–Crippen MR) is 93.3 cm³/mol. The number of imidazole rings is 1. The Morgan fingerprint density at radius 3 is 2.59 bits per heavy atom. The van der Waals surface area contributed by atoms with E-state index in [2.05, 4.69) is 50.2 Å². The van der Waals surface area contributed by atoms with Crippen molar-refractivity contribution < 1.29 is 0 Å². The number of nitrogens with zero attached hydrogens (tertiary/aromatic N) is 2. The number of halogens is 1. The van der Waals surface area contributed by atoms with Gasteiger partial charge in [-0.25, -0.2) is 4.98 Å². The fourth-order valence-corrected chi connectivity index (χ4v) is 2.80. The number of fused-ring (bicyclic) bond motifs is 1. The van der Waals surface area contributed by atoms with E-state index in [-0.39, 0.29) is 0 Å². The highest BCUT2D eigenvalue weighted by Gasteiger charge is 2.14. The molecular formula is C19H11BrN2. The van der Waals surface area contributed by atoms with Crippen molar-refractivity contribution >= 4 is 32.7 Å². The first kappa shape index (κ1) is 13.1. The van der Waals surface area contributed by atoms with E-state index >= 15 is 0 Å². The van der Waals surface area contributed by atoms with Crippen LogP contribution in [0.5, 0.6) is 0 Å². The fourth-order valence-electron chi connectivity index (χ4n) is 2.54. The number of aromatic nitrogens is 2. The van der Waals surface area contributed by atoms with Crippen LogP contribution >= 0.6 is 15.9 Å². The van der Waals surface area contributed by atoms with Gasteiger partial charge >= 0.3 is 0 Å². The van der Waals surface area contributed by atoms with Gasteiger partial charge in [0, 0.05) is 10.0 Å². The van der Waals surface area contributed by atoms with Crippen molar-refractivity contribution in [3.63, 3.8) is 0 Å². The Labute approximate surface area is 136 Å². The molecule has 104 valence electrons. The van der Waals surface area contributed by atoms with Crippen LogP contribution in [0.25, 0.3) is 28.1 Å². The van der Waals surface area contributed by atoms with E-state index in [1.165, 1.54) is 0 Å². The van der Waals surface area contributed by atoms with Gasteiger partial charge in [0.2, 0.25) is 0 Å². The highest BCUT2D eigenvalue weighted by atomic mass is 79.9. The zero-order valence-electron chi connectivity index (χ0n) is 11.6. The molecule has 0 saturated heterocycles. The van der Waals surface area contributed by atoms with E-state index in [1.54, 1.807) is 0 Å². The molecule has 1 aliphatic carbocycles. The maximum absolute atomic E-state index is 4.80. The maximum Gasteiger partial charge on any atom is 0.146 e. The van der Waals surface area contributed by atoms with Gasteiger partial charge in [-0.15, -0.1) is 0 Å². The lowest BCUT2D eigenvalue weighted by Gasteiger charge is -2.09. The quantitative estimate of drug-likeness (QED) is 0.584. The minimum atomic E-state index is 0.907. The third-order valence-corrected chi connectivity index (χ3v) is 4.07. The molecule has 0 N–H and O–H groups in total. The second-order valence-corrected chi connectivity index (χ2v) is 5.86. The highest BCUT2D eigenvalue weighted by molar-refractivity contribution is 9.10. The average molecular weight is 347 g/mol. The molecule has 0 aliphatic heterocycles. The lowest BCUT2D eigenvalue weighted by molar-refractivity contribution is 1.15. The van der Waals surface area contributed by atoms with E-state index in [0.29, 0.717) is 0 Å². The second-order valence-electron chi connectivity index (χ2n) is 4.95. The topological polar surface area (TPSA) is 17.8 Å². The largest absolute Gasteiger partial charge is 0.285 e. The van der Waals surface area contributed by atoms with E-state index < -0.39 is 0 Å². The summed E-state index contributed by atoms with van der Waals surface area (Å²) in [6, 6.07) is 16.3. The van der Waals surface area contributed by atoms with Crippen LogP contribution in [0, 0.1) is 0 Å². The van der Waals surface area contributed by atoms with Crippen molar-refractivity contribution in [2.75, 3.05) is 0 Å². The van der Waals surface area contributed by atoms with Gasteiger partial charge in [0.1, 0.15) is 5.82 Å². The Bertz CT molecular complexity index is 994. The summed E-state index contributed by atoms with van der Waals surface area (Å²) in [7, 11) is 0. The van der Waals surface area contributed by atoms with Crippen molar-refractivity contribution in [1.82, 2.24) is 9.55 Å². The molecule has 0 spiro atoms. The predicted octanol–water partition coefficient (Wildman–Crippen LogP) is 5.19. The first-order chi connectivity index (χ1) is 10.8. The molecule has 0 unspecified atom stereocenters. The molecule has 2 aromatic carbocycles. The number of allylic oxidation sites excluding steroid dienone is 4. The van der Waals surface area contributed by atoms with Gasteiger partial charge in [0.05, 0.1) is 16.7 Å². The lowest BCUT2D eigenvalue weighted by Crippen LogP contribution is -1.98. The molecule has 4 rings (SSSR count). The Morgan fingerprint density at radius 1 is 1.00 bits per heavy atom. The van der Waals surface area contributed by atoms with Gasteiger partial charge in [0.25, 0.3) is 0 Å². The Morgan fingerprint density at radius 2 is 1.82 bits per heavy atom. The van der Waals surface area contributed by atoms with Gasteiger partial charge in [-0.2, -0.15) is 0 Å². The highest BCUT2D eigenvalue weighted by Crippen LogP contribution is 2.29. The summed E-state index contributed by atoms with van der Waals surface area (Å²) >= 11 is 3.48. The molecule has 0 bridgehead atoms. The zero-order chi connectivity index (χ0) is 14.9. The standard InChI is InChI=1S/C19H11BrN2/c20-15-12-10-14(11-13-15)19-21-17-8-4-5-9-18(17)22(19)16-6-2-1-3-7-16/h1-2,4-6,8-13H. The lowest BCUT2D eigenvalue weighted by atomic mass is 10.2. The van der Waals surface area contributed by atoms with Crippen molar-refractivity contribution in [1.29, 1.82) is 0 Å². The third-order valence-electron chi connectivity index (χ3n) is 3.54. The summed E-state index contributed by atoms with van der Waals surface area (Å²) in [6.07, 6.45) is 5.83. The normalized spacial score (nSPS) is 12.9. The SMILES string of the molecule is Brc1ccc(-c2nc3ccccc3n2C2=C=C=CC=C2)cc1. The number of rotatable bonds is 2. The van der Waals surface area contributed by atoms with Gasteiger partial charge in [-0.1, -0.05) is 52.0 Å². The van der Waals surface area contributed by atoms with Crippen LogP contribution in [-0.2, 0) is 0 Å². The first-order valence-corrected chi connectivity index (χ1v) is 7.74. The molecule has 0 fully saturated rings. The first-order valence-electron chi connectivity index (χ1n) is 6.95. The molecule has 3 aromatic rings. The third kappa shape index (κ3) is 2.18. The fraction of sp³-hybridized carbons (Fsp3) is 0. The molecule has 2 nitrogen and oxygen atoms in total. The Hall–Kier alpha value is -2.57. The molecule has 0 saturated carbocycles. The molecule has 0 amide bonds. The molecule has 0 atom stereocenters. The van der Waals surface area contributed by atoms with Crippen LogP contribution in [-0.4, -0.2) is 9.55 Å². The van der Waals surface area contributed by atoms with Crippen molar-refractivity contribution in [3.8, 4) is 11.4 Å². The molecule has 0 radical (unpaired) electrons. The van der Waals surface area contributed by atoms with Gasteiger partial charge in [-0.3, -0.25) is 4.57 Å². The summed E-state index contributed by atoms with van der Waals surface area (Å²) < 4.78 is 3.17. The summed E-state index contributed by atoms with van der Waals surface area (Å²) in [5, 5.41) is 0. The summed E-state index contributed by atoms with van der Waals surface area (Å²) in [4.78, 5) is 4.80. The minimum Gasteiger partial charge on any atom is -0.285 e. The van der Waals surface area contributed by atoms with Crippen LogP contribution in [0.3, 0.4) is 0 Å². The van der Waals surface area contributed by atoms with E-state index in [0.717, 1.165) is 32.6 Å². The van der Waals surface area contributed by atoms with Crippen molar-refractivity contribution in [2.45, 2.75) is 0 Å². The van der Waals surface area contributed by atoms with Gasteiger partial charge in [0.15, 0.2) is 0 Å². The smallest absolute Gasteiger partial charge is 0.146 e. The van der Waals surface area contributed by atoms with Crippen molar-refractivity contribution in [2.24, 2.45) is 0 Å². The molecule has 22 heavy (non-hydrogen) atoms. The van der Waals surface area contributed by atoms with Crippen LogP contribution < -0.4 is 0 Å². The number of benzene rings is 2. The maximum atomic E-state index is 4.80. The number of hydrogen-bond acceptors (Lipinski definition) is 1. The number of hydrogen-bond donors (Lipinski definition) is 0. The van der Waals surface area contributed by atoms with Crippen LogP contribution in [0.1, 0.15) is 0 Å². The van der Waals surface area contributed by atoms with E-state index in [9.17, 15) is 0 Å². The van der Waals surface area contributed by atoms with Crippen LogP contribution in [0.2, 0.25) is 0 Å². The number of para-hydroxylation sites is 2. The molecule has 1 aromatic heterocycles. The summed E-state index contributed by atoms with van der Waals surface area (Å²) in [5.74, 6) is 0.907. The molecule has 1 aliphatic rings. The van der Waals surface area contributed by atoms with Crippen LogP contribution in [0.15, 0.2) is 82.7 Å². The van der Waals surface area contributed by atoms with Gasteiger partial charge < -0.3 is 0 Å². The monoisotopic (exact) mass is 346 g/mol. The molecular weight excluding hydrogens is 336 g/mol. The van der Waals surface area contributed by atoms with Crippen LogP contribution in [0.4, 0.5) is 0 Å². The Balaban J connectivity index is 2.06. The minimum absolute atomic E-state index is 0.907. The molecule has 1 heterocycles. The van der Waals surface area contributed by atoms with Gasteiger partial charge in [-0.05, 0) is 42.1 Å². The van der Waals surface area contributed by atoms with Crippen molar-refractivity contribution in [3.05, 3.63) is 82.7 Å². The van der Waals surface area contributed by atoms with E-state index in [4.69, 9.17) is 4.98 Å². The van der Waals surface area contributed by atoms with E-state index in [1.807, 2.05) is 48.6 Å².